The number of benzene rings is 2. The van der Waals surface area contributed by atoms with E-state index < -0.39 is 15.8 Å². The molecule has 1 aliphatic rings. The van der Waals surface area contributed by atoms with E-state index in [0.717, 1.165) is 35.1 Å². The third-order valence-corrected chi connectivity index (χ3v) is 6.75. The molecule has 1 fully saturated rings. The minimum Gasteiger partial charge on any atom is -0.311 e. The molecule has 7 nitrogen and oxygen atoms in total. The summed E-state index contributed by atoms with van der Waals surface area (Å²) in [6, 6.07) is 11.3. The summed E-state index contributed by atoms with van der Waals surface area (Å²) in [5.41, 5.74) is 3.93. The number of imidazole rings is 1. The predicted molar refractivity (Wildman–Crippen MR) is 111 cm³/mol. The number of aromatic nitrogens is 4. The van der Waals surface area contributed by atoms with Crippen LogP contribution in [0.25, 0.3) is 33.4 Å². The molecule has 0 aliphatic heterocycles. The number of nitrogens with zero attached hydrogens (tertiary/aromatic N) is 4. The first-order chi connectivity index (χ1) is 14.5. The molecule has 2 heterocycles. The van der Waals surface area contributed by atoms with Crippen LogP contribution in [0.1, 0.15) is 18.9 Å². The number of fused-ring (bicyclic) bond motifs is 1. The fraction of sp³-hybridized carbons (Fsp3) is 0.190. The van der Waals surface area contributed by atoms with Crippen molar-refractivity contribution >= 4 is 21.2 Å². The third kappa shape index (κ3) is 3.16. The van der Waals surface area contributed by atoms with Gasteiger partial charge in [0.05, 0.1) is 17.4 Å². The highest BCUT2D eigenvalue weighted by Crippen LogP contribution is 2.38. The van der Waals surface area contributed by atoms with Crippen LogP contribution < -0.4 is 4.72 Å². The third-order valence-electron chi connectivity index (χ3n) is 5.32. The molecule has 0 amide bonds. The Kier molecular flexibility index (Phi) is 4.37. The van der Waals surface area contributed by atoms with Gasteiger partial charge in [0.15, 0.2) is 5.65 Å². The maximum Gasteiger partial charge on any atom is 0.240 e. The molecule has 0 radical (unpaired) electrons. The minimum absolute atomic E-state index is 0.121. The molecule has 9 heteroatoms. The molecule has 0 atom stereocenters. The number of hydrogen-bond acceptors (Lipinski definition) is 5. The molecule has 0 spiro atoms. The van der Waals surface area contributed by atoms with Gasteiger partial charge in [0.2, 0.25) is 10.0 Å². The van der Waals surface area contributed by atoms with Gasteiger partial charge in [-0.3, -0.25) is 0 Å². The first kappa shape index (κ1) is 18.8. The molecule has 0 bridgehead atoms. The summed E-state index contributed by atoms with van der Waals surface area (Å²) in [6.07, 6.45) is 5.63. The summed E-state index contributed by atoms with van der Waals surface area (Å²) in [7, 11) is -2.20. The van der Waals surface area contributed by atoms with Crippen molar-refractivity contribution in [3.8, 4) is 22.3 Å². The number of rotatable bonds is 5. The molecule has 5 rings (SSSR count). The van der Waals surface area contributed by atoms with E-state index in [2.05, 4.69) is 19.9 Å². The van der Waals surface area contributed by atoms with Gasteiger partial charge in [-0.1, -0.05) is 18.2 Å². The van der Waals surface area contributed by atoms with Gasteiger partial charge < -0.3 is 4.57 Å². The van der Waals surface area contributed by atoms with Crippen molar-refractivity contribution in [1.29, 1.82) is 0 Å². The fourth-order valence-corrected chi connectivity index (χ4v) is 4.25. The Balaban J connectivity index is 1.59. The van der Waals surface area contributed by atoms with E-state index in [9.17, 15) is 12.8 Å². The van der Waals surface area contributed by atoms with Crippen molar-refractivity contribution < 1.29 is 12.8 Å². The second-order valence-electron chi connectivity index (χ2n) is 7.24. The van der Waals surface area contributed by atoms with Crippen LogP contribution in [-0.4, -0.2) is 35.2 Å². The van der Waals surface area contributed by atoms with Crippen molar-refractivity contribution in [1.82, 2.24) is 24.5 Å². The standard InChI is InChI=1S/C21H18FN5O2S/c1-23-30(28,29)16-7-2-13(3-8-16)17-10-14(4-9-19(17)22)18-11-25-26-21-20(18)24-12-27(21)15-5-6-15/h2-4,7-12,15,23H,5-6H2,1H3. The van der Waals surface area contributed by atoms with E-state index in [4.69, 9.17) is 0 Å². The molecular weight excluding hydrogens is 405 g/mol. The number of sulfonamides is 1. The van der Waals surface area contributed by atoms with Gasteiger partial charge in [0, 0.05) is 17.2 Å². The van der Waals surface area contributed by atoms with Crippen molar-refractivity contribution in [2.75, 3.05) is 7.05 Å². The lowest BCUT2D eigenvalue weighted by Gasteiger charge is -2.09. The van der Waals surface area contributed by atoms with Gasteiger partial charge in [0.1, 0.15) is 11.3 Å². The SMILES string of the molecule is CNS(=O)(=O)c1ccc(-c2cc(-c3cnnc4c3ncn4C3CC3)ccc2F)cc1. The molecule has 152 valence electrons. The summed E-state index contributed by atoms with van der Waals surface area (Å²) in [4.78, 5) is 4.64. The van der Waals surface area contributed by atoms with Gasteiger partial charge in [-0.2, -0.15) is 5.10 Å². The van der Waals surface area contributed by atoms with Crippen LogP contribution in [-0.2, 0) is 10.0 Å². The monoisotopic (exact) mass is 423 g/mol. The van der Waals surface area contributed by atoms with Crippen LogP contribution in [0, 0.1) is 5.82 Å². The molecule has 0 saturated heterocycles. The van der Waals surface area contributed by atoms with Crippen LogP contribution in [0.2, 0.25) is 0 Å². The highest BCUT2D eigenvalue weighted by Gasteiger charge is 2.26. The average molecular weight is 423 g/mol. The highest BCUT2D eigenvalue weighted by molar-refractivity contribution is 7.89. The Labute approximate surface area is 172 Å². The lowest BCUT2D eigenvalue weighted by molar-refractivity contribution is 0.588. The second kappa shape index (κ2) is 6.96. The van der Waals surface area contributed by atoms with Crippen molar-refractivity contribution in [2.45, 2.75) is 23.8 Å². The van der Waals surface area contributed by atoms with E-state index >= 15 is 0 Å². The summed E-state index contributed by atoms with van der Waals surface area (Å²) in [5.74, 6) is -0.398. The zero-order chi connectivity index (χ0) is 20.9. The first-order valence-corrected chi connectivity index (χ1v) is 11.0. The maximum atomic E-state index is 14.6. The van der Waals surface area contributed by atoms with E-state index in [1.165, 1.54) is 25.2 Å². The lowest BCUT2D eigenvalue weighted by Crippen LogP contribution is -2.18. The average Bonchev–Trinajstić information content (AvgIpc) is 3.52. The van der Waals surface area contributed by atoms with Gasteiger partial charge in [-0.05, 0) is 55.3 Å². The summed E-state index contributed by atoms with van der Waals surface area (Å²) < 4.78 is 42.8. The van der Waals surface area contributed by atoms with Crippen molar-refractivity contribution in [3.63, 3.8) is 0 Å². The minimum atomic E-state index is -3.55. The van der Waals surface area contributed by atoms with Crippen LogP contribution in [0.4, 0.5) is 4.39 Å². The highest BCUT2D eigenvalue weighted by atomic mass is 32.2. The Morgan fingerprint density at radius 2 is 1.80 bits per heavy atom. The fourth-order valence-electron chi connectivity index (χ4n) is 3.52. The van der Waals surface area contributed by atoms with Gasteiger partial charge in [-0.25, -0.2) is 22.5 Å². The lowest BCUT2D eigenvalue weighted by atomic mass is 9.99. The maximum absolute atomic E-state index is 14.6. The summed E-state index contributed by atoms with van der Waals surface area (Å²) in [5, 5.41) is 8.37. The molecule has 1 saturated carbocycles. The first-order valence-electron chi connectivity index (χ1n) is 9.50. The Hall–Kier alpha value is -3.17. The van der Waals surface area contributed by atoms with E-state index in [-0.39, 0.29) is 4.90 Å². The smallest absolute Gasteiger partial charge is 0.240 e. The normalized spacial score (nSPS) is 14.3. The number of hydrogen-bond donors (Lipinski definition) is 1. The van der Waals surface area contributed by atoms with Crippen LogP contribution >= 0.6 is 0 Å². The predicted octanol–water partition coefficient (Wildman–Crippen LogP) is 3.54. The van der Waals surface area contributed by atoms with Crippen LogP contribution in [0.15, 0.2) is 59.9 Å². The Morgan fingerprint density at radius 3 is 2.50 bits per heavy atom. The topological polar surface area (TPSA) is 89.8 Å². The summed E-state index contributed by atoms with van der Waals surface area (Å²) in [6.45, 7) is 0. The number of nitrogens with one attached hydrogen (secondary N) is 1. The van der Waals surface area contributed by atoms with E-state index in [1.807, 2.05) is 4.57 Å². The largest absolute Gasteiger partial charge is 0.311 e. The van der Waals surface area contributed by atoms with E-state index in [1.54, 1.807) is 36.8 Å². The molecule has 1 N–H and O–H groups in total. The quantitative estimate of drug-likeness (QED) is 0.530. The molecule has 4 aromatic rings. The van der Waals surface area contributed by atoms with Gasteiger partial charge in [-0.15, -0.1) is 5.10 Å². The van der Waals surface area contributed by atoms with Crippen molar-refractivity contribution in [3.05, 3.63) is 60.8 Å². The van der Waals surface area contributed by atoms with Gasteiger partial charge in [0.25, 0.3) is 0 Å². The Bertz CT molecular complexity index is 1360. The molecule has 1 aliphatic carbocycles. The van der Waals surface area contributed by atoms with Crippen LogP contribution in [0.5, 0.6) is 0 Å². The number of halogens is 1. The second-order valence-corrected chi connectivity index (χ2v) is 9.13. The van der Waals surface area contributed by atoms with Crippen LogP contribution in [0.3, 0.4) is 0 Å². The zero-order valence-corrected chi connectivity index (χ0v) is 16.9. The zero-order valence-electron chi connectivity index (χ0n) is 16.1. The molecule has 30 heavy (non-hydrogen) atoms. The molecule has 2 aromatic heterocycles. The molecule has 2 aromatic carbocycles. The Morgan fingerprint density at radius 1 is 1.07 bits per heavy atom. The van der Waals surface area contributed by atoms with E-state index in [0.29, 0.717) is 17.2 Å². The summed E-state index contributed by atoms with van der Waals surface area (Å²) >= 11 is 0. The van der Waals surface area contributed by atoms with Crippen molar-refractivity contribution in [2.24, 2.45) is 0 Å². The molecular formula is C21H18FN5O2S. The van der Waals surface area contributed by atoms with Gasteiger partial charge >= 0.3 is 0 Å². The molecule has 0 unspecified atom stereocenters.